The Hall–Kier alpha value is -3.75. The smallest absolute Gasteiger partial charge is 0.343 e. The SMILES string of the molecule is CCCC(CCC)OC(=O)c1ccc(OC(=O)c2ccc(-c3ccc(OCCCCCCCCCCCOCC4COC4C)cc3)cc2)cc1F. The van der Waals surface area contributed by atoms with Gasteiger partial charge >= 0.3 is 11.9 Å². The number of rotatable bonds is 24. The van der Waals surface area contributed by atoms with E-state index in [4.69, 9.17) is 23.7 Å². The molecule has 3 aromatic carbocycles. The summed E-state index contributed by atoms with van der Waals surface area (Å²) in [6, 6.07) is 18.7. The quantitative estimate of drug-likeness (QED) is 0.0521. The lowest BCUT2D eigenvalue weighted by Crippen LogP contribution is -2.40. The Bertz CT molecular complexity index is 1450. The standard InChI is InChI=1S/C43H57FO7/c1-4-15-38(16-5-2)50-43(46)40-26-25-39(29-41(40)44)51-42(45)35-19-17-33(18-20-35)34-21-23-37(24-22-34)48-28-14-12-10-8-6-7-9-11-13-27-47-30-36-31-49-32(36)3/h17-26,29,32,36,38H,4-16,27-28,30-31H2,1-3H3. The average Bonchev–Trinajstić information content (AvgIpc) is 3.13. The number of unbranched alkanes of at least 4 members (excludes halogenated alkanes) is 8. The molecule has 0 bridgehead atoms. The molecule has 0 aromatic heterocycles. The summed E-state index contributed by atoms with van der Waals surface area (Å²) < 4.78 is 42.8. The van der Waals surface area contributed by atoms with Gasteiger partial charge in [0.05, 0.1) is 37.1 Å². The highest BCUT2D eigenvalue weighted by atomic mass is 19.1. The molecule has 51 heavy (non-hydrogen) atoms. The lowest BCUT2D eigenvalue weighted by atomic mass is 10.0. The number of esters is 2. The highest BCUT2D eigenvalue weighted by Gasteiger charge is 2.27. The molecular formula is C43H57FO7. The van der Waals surface area contributed by atoms with Gasteiger partial charge in [0, 0.05) is 18.6 Å². The third-order valence-corrected chi connectivity index (χ3v) is 9.44. The summed E-state index contributed by atoms with van der Waals surface area (Å²) in [5, 5.41) is 0. The summed E-state index contributed by atoms with van der Waals surface area (Å²) in [5.41, 5.74) is 2.09. The minimum atomic E-state index is -0.792. The van der Waals surface area contributed by atoms with Crippen LogP contribution in [0.25, 0.3) is 11.1 Å². The molecule has 0 N–H and O–H groups in total. The zero-order chi connectivity index (χ0) is 36.3. The third kappa shape index (κ3) is 13.7. The normalized spacial score (nSPS) is 15.4. The van der Waals surface area contributed by atoms with E-state index < -0.39 is 17.8 Å². The Morgan fingerprint density at radius 1 is 0.745 bits per heavy atom. The molecule has 1 fully saturated rings. The maximum absolute atomic E-state index is 14.8. The van der Waals surface area contributed by atoms with Crippen LogP contribution >= 0.6 is 0 Å². The molecular weight excluding hydrogens is 647 g/mol. The Labute approximate surface area is 304 Å². The lowest BCUT2D eigenvalue weighted by Gasteiger charge is -2.33. The fourth-order valence-electron chi connectivity index (χ4n) is 6.13. The second-order valence-corrected chi connectivity index (χ2v) is 13.6. The predicted octanol–water partition coefficient (Wildman–Crippen LogP) is 10.8. The summed E-state index contributed by atoms with van der Waals surface area (Å²) in [7, 11) is 0. The summed E-state index contributed by atoms with van der Waals surface area (Å²) in [4.78, 5) is 25.3. The fourth-order valence-corrected chi connectivity index (χ4v) is 6.13. The van der Waals surface area contributed by atoms with Crippen molar-refractivity contribution in [1.29, 1.82) is 0 Å². The van der Waals surface area contributed by atoms with Crippen LogP contribution < -0.4 is 9.47 Å². The van der Waals surface area contributed by atoms with Gasteiger partial charge in [-0.25, -0.2) is 14.0 Å². The van der Waals surface area contributed by atoms with E-state index in [0.717, 1.165) is 81.3 Å². The van der Waals surface area contributed by atoms with E-state index in [2.05, 4.69) is 6.92 Å². The van der Waals surface area contributed by atoms with Crippen molar-refractivity contribution in [2.45, 2.75) is 116 Å². The molecule has 7 nitrogen and oxygen atoms in total. The van der Waals surface area contributed by atoms with Crippen LogP contribution in [-0.4, -0.2) is 50.6 Å². The molecule has 4 rings (SSSR count). The fraction of sp³-hybridized carbons (Fsp3) is 0.535. The number of ether oxygens (including phenoxy) is 5. The van der Waals surface area contributed by atoms with E-state index in [1.165, 1.54) is 57.1 Å². The summed E-state index contributed by atoms with van der Waals surface area (Å²) >= 11 is 0. The van der Waals surface area contributed by atoms with Crippen LogP contribution in [-0.2, 0) is 14.2 Å². The summed E-state index contributed by atoms with van der Waals surface area (Å²) in [5.74, 6) is -0.670. The van der Waals surface area contributed by atoms with Gasteiger partial charge in [0.15, 0.2) is 0 Å². The van der Waals surface area contributed by atoms with E-state index >= 15 is 0 Å². The Kier molecular flexibility index (Phi) is 17.5. The van der Waals surface area contributed by atoms with Crippen molar-refractivity contribution >= 4 is 11.9 Å². The first-order valence-corrected chi connectivity index (χ1v) is 19.1. The van der Waals surface area contributed by atoms with Gasteiger partial charge in [0.25, 0.3) is 0 Å². The van der Waals surface area contributed by atoms with Gasteiger partial charge in [-0.2, -0.15) is 0 Å². The van der Waals surface area contributed by atoms with Crippen LogP contribution in [0.4, 0.5) is 4.39 Å². The topological polar surface area (TPSA) is 80.3 Å². The highest BCUT2D eigenvalue weighted by molar-refractivity contribution is 5.92. The van der Waals surface area contributed by atoms with Gasteiger partial charge in [0.2, 0.25) is 0 Å². The maximum atomic E-state index is 14.8. The number of hydrogen-bond donors (Lipinski definition) is 0. The van der Waals surface area contributed by atoms with Gasteiger partial charge in [0.1, 0.15) is 23.4 Å². The van der Waals surface area contributed by atoms with Gasteiger partial charge in [-0.05, 0) is 80.1 Å². The Morgan fingerprint density at radius 2 is 1.31 bits per heavy atom. The Morgan fingerprint density at radius 3 is 1.86 bits per heavy atom. The van der Waals surface area contributed by atoms with Crippen LogP contribution in [0.3, 0.4) is 0 Å². The molecule has 0 saturated carbocycles. The van der Waals surface area contributed by atoms with Crippen LogP contribution in [0.1, 0.15) is 125 Å². The van der Waals surface area contributed by atoms with Crippen molar-refractivity contribution in [3.8, 4) is 22.6 Å². The molecule has 1 aliphatic rings. The summed E-state index contributed by atoms with van der Waals surface area (Å²) in [6.45, 7) is 9.43. The number of carbonyl (C=O) groups is 2. The van der Waals surface area contributed by atoms with E-state index in [1.807, 2.05) is 50.2 Å². The van der Waals surface area contributed by atoms with Gasteiger partial charge in [-0.1, -0.05) is 95.9 Å². The molecule has 2 atom stereocenters. The van der Waals surface area contributed by atoms with Gasteiger partial charge in [-0.15, -0.1) is 0 Å². The second-order valence-electron chi connectivity index (χ2n) is 13.6. The highest BCUT2D eigenvalue weighted by Crippen LogP contribution is 2.25. The predicted molar refractivity (Wildman–Crippen MR) is 199 cm³/mol. The molecule has 3 aromatic rings. The van der Waals surface area contributed by atoms with E-state index in [0.29, 0.717) is 24.2 Å². The van der Waals surface area contributed by atoms with Crippen molar-refractivity contribution in [2.24, 2.45) is 5.92 Å². The van der Waals surface area contributed by atoms with Crippen molar-refractivity contribution in [1.82, 2.24) is 0 Å². The van der Waals surface area contributed by atoms with Gasteiger partial charge < -0.3 is 23.7 Å². The van der Waals surface area contributed by atoms with Crippen molar-refractivity contribution in [2.75, 3.05) is 26.4 Å². The molecule has 0 aliphatic carbocycles. The molecule has 1 aliphatic heterocycles. The number of carbonyl (C=O) groups excluding carboxylic acids is 2. The minimum Gasteiger partial charge on any atom is -0.494 e. The summed E-state index contributed by atoms with van der Waals surface area (Å²) in [6.07, 6.45) is 14.4. The molecule has 0 spiro atoms. The molecule has 0 radical (unpaired) electrons. The molecule has 1 saturated heterocycles. The first-order valence-electron chi connectivity index (χ1n) is 19.1. The third-order valence-electron chi connectivity index (χ3n) is 9.44. The van der Waals surface area contributed by atoms with E-state index in [1.54, 1.807) is 12.1 Å². The zero-order valence-corrected chi connectivity index (χ0v) is 30.8. The number of hydrogen-bond acceptors (Lipinski definition) is 7. The number of halogens is 1. The van der Waals surface area contributed by atoms with E-state index in [9.17, 15) is 14.0 Å². The van der Waals surface area contributed by atoms with Crippen molar-refractivity contribution in [3.05, 3.63) is 83.7 Å². The molecule has 2 unspecified atom stereocenters. The monoisotopic (exact) mass is 704 g/mol. The van der Waals surface area contributed by atoms with Crippen LogP contribution in [0.2, 0.25) is 0 Å². The largest absolute Gasteiger partial charge is 0.494 e. The molecule has 1 heterocycles. The minimum absolute atomic E-state index is 0.0148. The number of benzene rings is 3. The van der Waals surface area contributed by atoms with Crippen LogP contribution in [0.5, 0.6) is 11.5 Å². The molecule has 8 heteroatoms. The van der Waals surface area contributed by atoms with Crippen molar-refractivity contribution in [3.63, 3.8) is 0 Å². The average molecular weight is 705 g/mol. The first-order chi connectivity index (χ1) is 24.9. The van der Waals surface area contributed by atoms with Gasteiger partial charge in [-0.3, -0.25) is 0 Å². The first kappa shape index (κ1) is 40.0. The lowest BCUT2D eigenvalue weighted by molar-refractivity contribution is -0.130. The molecule has 0 amide bonds. The Balaban J connectivity index is 1.08. The van der Waals surface area contributed by atoms with Crippen molar-refractivity contribution < 1.29 is 37.7 Å². The maximum Gasteiger partial charge on any atom is 0.343 e. The second kappa shape index (κ2) is 22.2. The molecule has 278 valence electrons. The zero-order valence-electron chi connectivity index (χ0n) is 30.8. The van der Waals surface area contributed by atoms with E-state index in [-0.39, 0.29) is 17.4 Å². The van der Waals surface area contributed by atoms with Crippen LogP contribution in [0, 0.1) is 11.7 Å². The van der Waals surface area contributed by atoms with Crippen LogP contribution in [0.15, 0.2) is 66.7 Å².